The summed E-state index contributed by atoms with van der Waals surface area (Å²) in [6.07, 6.45) is 1.33. The Bertz CT molecular complexity index is 1060. The van der Waals surface area contributed by atoms with Crippen LogP contribution in [0, 0.1) is 5.92 Å². The number of carbonyl (C=O) groups excluding carboxylic acids is 2. The van der Waals surface area contributed by atoms with Gasteiger partial charge in [-0.2, -0.15) is 0 Å². The number of nitrogens with one attached hydrogen (secondary N) is 2. The van der Waals surface area contributed by atoms with Crippen molar-refractivity contribution in [2.75, 3.05) is 5.32 Å². The molecule has 0 aromatic heterocycles. The number of ether oxygens (including phenoxy) is 1. The highest BCUT2D eigenvalue weighted by Gasteiger charge is 2.29. The van der Waals surface area contributed by atoms with Gasteiger partial charge in [-0.05, 0) is 67.6 Å². The van der Waals surface area contributed by atoms with Gasteiger partial charge in [0.05, 0.1) is 6.04 Å². The molecule has 1 aliphatic carbocycles. The Morgan fingerprint density at radius 2 is 1.47 bits per heavy atom. The fourth-order valence-electron chi connectivity index (χ4n) is 3.47. The second kappa shape index (κ2) is 9.69. The van der Waals surface area contributed by atoms with Crippen LogP contribution in [0.4, 0.5) is 5.69 Å². The Morgan fingerprint density at radius 1 is 0.844 bits per heavy atom. The zero-order valence-electron chi connectivity index (χ0n) is 18.4. The number of carbonyl (C=O) groups is 2. The highest BCUT2D eigenvalue weighted by Crippen LogP contribution is 2.30. The van der Waals surface area contributed by atoms with E-state index in [-0.39, 0.29) is 23.8 Å². The maximum Gasteiger partial charge on any atom is 0.261 e. The summed E-state index contributed by atoms with van der Waals surface area (Å²) in [6, 6.07) is 25.2. The van der Waals surface area contributed by atoms with Crippen LogP contribution in [0.25, 0.3) is 11.1 Å². The van der Waals surface area contributed by atoms with E-state index in [0.717, 1.165) is 35.2 Å². The van der Waals surface area contributed by atoms with Crippen LogP contribution < -0.4 is 15.4 Å². The van der Waals surface area contributed by atoms with E-state index in [9.17, 15) is 9.59 Å². The molecule has 2 amide bonds. The highest BCUT2D eigenvalue weighted by atomic mass is 16.5. The van der Waals surface area contributed by atoms with Gasteiger partial charge in [0.1, 0.15) is 5.75 Å². The van der Waals surface area contributed by atoms with Crippen LogP contribution in [0.5, 0.6) is 5.75 Å². The molecular formula is C27H28N2O3. The van der Waals surface area contributed by atoms with E-state index < -0.39 is 6.10 Å². The fraction of sp³-hybridized carbons (Fsp3) is 0.259. The molecule has 0 heterocycles. The molecule has 1 fully saturated rings. The van der Waals surface area contributed by atoms with Crippen molar-refractivity contribution in [1.29, 1.82) is 0 Å². The number of benzene rings is 3. The summed E-state index contributed by atoms with van der Waals surface area (Å²) in [5, 5.41) is 5.91. The van der Waals surface area contributed by atoms with E-state index in [1.807, 2.05) is 73.7 Å². The minimum Gasteiger partial charge on any atom is -0.481 e. The normalized spacial score (nSPS) is 14.8. The standard InChI is InChI=1S/C27H28N2O3/c1-18(20-10-14-24(15-11-20)29-27(31)23-8-9-23)28-26(30)19(2)32-25-16-12-22(13-17-25)21-6-4-3-5-7-21/h3-7,10-19,23H,8-9H2,1-2H3,(H,28,30)(H,29,31). The Kier molecular flexibility index (Phi) is 6.55. The monoisotopic (exact) mass is 428 g/mol. The first-order valence-electron chi connectivity index (χ1n) is 11.0. The molecule has 0 aliphatic heterocycles. The Labute approximate surface area is 188 Å². The van der Waals surface area contributed by atoms with Crippen molar-refractivity contribution in [2.45, 2.75) is 38.8 Å². The molecule has 3 aromatic rings. The molecule has 0 radical (unpaired) electrons. The summed E-state index contributed by atoms with van der Waals surface area (Å²) >= 11 is 0. The van der Waals surface area contributed by atoms with Crippen LogP contribution >= 0.6 is 0 Å². The molecule has 5 heteroatoms. The van der Waals surface area contributed by atoms with Crippen molar-refractivity contribution >= 4 is 17.5 Å². The fourth-order valence-corrected chi connectivity index (χ4v) is 3.47. The average molecular weight is 429 g/mol. The first-order chi connectivity index (χ1) is 15.5. The summed E-state index contributed by atoms with van der Waals surface area (Å²) in [6.45, 7) is 3.67. The molecule has 2 unspecified atom stereocenters. The van der Waals surface area contributed by atoms with Crippen LogP contribution in [0.1, 0.15) is 38.3 Å². The van der Waals surface area contributed by atoms with Crippen LogP contribution in [0.3, 0.4) is 0 Å². The van der Waals surface area contributed by atoms with Crippen molar-refractivity contribution in [1.82, 2.24) is 5.32 Å². The van der Waals surface area contributed by atoms with E-state index in [1.54, 1.807) is 6.92 Å². The molecule has 1 saturated carbocycles. The maximum atomic E-state index is 12.6. The topological polar surface area (TPSA) is 67.4 Å². The van der Waals surface area contributed by atoms with Gasteiger partial charge in [0, 0.05) is 11.6 Å². The number of hydrogen-bond donors (Lipinski definition) is 2. The van der Waals surface area contributed by atoms with Crippen molar-refractivity contribution < 1.29 is 14.3 Å². The SMILES string of the molecule is CC(Oc1ccc(-c2ccccc2)cc1)C(=O)NC(C)c1ccc(NC(=O)C2CC2)cc1. The number of hydrogen-bond acceptors (Lipinski definition) is 3. The lowest BCUT2D eigenvalue weighted by molar-refractivity contribution is -0.128. The van der Waals surface area contributed by atoms with Gasteiger partial charge in [0.2, 0.25) is 5.91 Å². The zero-order valence-corrected chi connectivity index (χ0v) is 18.4. The summed E-state index contributed by atoms with van der Waals surface area (Å²) in [5.74, 6) is 0.720. The largest absolute Gasteiger partial charge is 0.481 e. The van der Waals surface area contributed by atoms with Crippen LogP contribution in [-0.2, 0) is 9.59 Å². The van der Waals surface area contributed by atoms with Gasteiger partial charge in [0.25, 0.3) is 5.91 Å². The highest BCUT2D eigenvalue weighted by molar-refractivity contribution is 5.94. The Balaban J connectivity index is 1.29. The van der Waals surface area contributed by atoms with Gasteiger partial charge in [-0.25, -0.2) is 0 Å². The van der Waals surface area contributed by atoms with E-state index in [0.29, 0.717) is 5.75 Å². The zero-order chi connectivity index (χ0) is 22.5. The molecule has 5 nitrogen and oxygen atoms in total. The first-order valence-corrected chi connectivity index (χ1v) is 11.0. The minimum absolute atomic E-state index is 0.0851. The molecule has 164 valence electrons. The number of anilines is 1. The third kappa shape index (κ3) is 5.55. The predicted molar refractivity (Wildman–Crippen MR) is 126 cm³/mol. The summed E-state index contributed by atoms with van der Waals surface area (Å²) in [4.78, 5) is 24.5. The second-order valence-corrected chi connectivity index (χ2v) is 8.27. The van der Waals surface area contributed by atoms with Crippen molar-refractivity contribution in [3.05, 3.63) is 84.4 Å². The molecule has 2 atom stereocenters. The molecule has 32 heavy (non-hydrogen) atoms. The third-order valence-corrected chi connectivity index (χ3v) is 5.63. The lowest BCUT2D eigenvalue weighted by Crippen LogP contribution is -2.37. The number of amides is 2. The second-order valence-electron chi connectivity index (χ2n) is 8.27. The molecule has 1 aliphatic rings. The molecule has 0 saturated heterocycles. The number of rotatable bonds is 8. The van der Waals surface area contributed by atoms with E-state index in [4.69, 9.17) is 4.74 Å². The lowest BCUT2D eigenvalue weighted by Gasteiger charge is -2.19. The third-order valence-electron chi connectivity index (χ3n) is 5.63. The van der Waals surface area contributed by atoms with Gasteiger partial charge in [-0.3, -0.25) is 9.59 Å². The van der Waals surface area contributed by atoms with Crippen LogP contribution in [-0.4, -0.2) is 17.9 Å². The van der Waals surface area contributed by atoms with Gasteiger partial charge < -0.3 is 15.4 Å². The first kappa shape index (κ1) is 21.6. The lowest BCUT2D eigenvalue weighted by atomic mass is 10.1. The average Bonchev–Trinajstić information content (AvgIpc) is 3.66. The quantitative estimate of drug-likeness (QED) is 0.508. The minimum atomic E-state index is -0.628. The maximum absolute atomic E-state index is 12.6. The summed E-state index contributed by atoms with van der Waals surface area (Å²) < 4.78 is 5.84. The molecule has 2 N–H and O–H groups in total. The van der Waals surface area contributed by atoms with E-state index in [1.165, 1.54) is 0 Å². The van der Waals surface area contributed by atoms with E-state index in [2.05, 4.69) is 22.8 Å². The van der Waals surface area contributed by atoms with Crippen LogP contribution in [0.15, 0.2) is 78.9 Å². The van der Waals surface area contributed by atoms with Crippen molar-refractivity contribution in [3.63, 3.8) is 0 Å². The molecule has 3 aromatic carbocycles. The van der Waals surface area contributed by atoms with Gasteiger partial charge in [-0.15, -0.1) is 0 Å². The van der Waals surface area contributed by atoms with Gasteiger partial charge in [0.15, 0.2) is 6.10 Å². The molecule has 4 rings (SSSR count). The molecular weight excluding hydrogens is 400 g/mol. The molecule has 0 bridgehead atoms. The van der Waals surface area contributed by atoms with Crippen molar-refractivity contribution in [3.8, 4) is 16.9 Å². The summed E-state index contributed by atoms with van der Waals surface area (Å²) in [5.41, 5.74) is 3.97. The van der Waals surface area contributed by atoms with Crippen molar-refractivity contribution in [2.24, 2.45) is 5.92 Å². The van der Waals surface area contributed by atoms with E-state index >= 15 is 0 Å². The van der Waals surface area contributed by atoms with Gasteiger partial charge in [-0.1, -0.05) is 54.6 Å². The van der Waals surface area contributed by atoms with Gasteiger partial charge >= 0.3 is 0 Å². The predicted octanol–water partition coefficient (Wildman–Crippen LogP) is 5.35. The Morgan fingerprint density at radius 3 is 2.09 bits per heavy atom. The molecule has 0 spiro atoms. The van der Waals surface area contributed by atoms with Crippen LogP contribution in [0.2, 0.25) is 0 Å². The Hall–Kier alpha value is -3.60. The smallest absolute Gasteiger partial charge is 0.261 e. The summed E-state index contributed by atoms with van der Waals surface area (Å²) in [7, 11) is 0.